The minimum atomic E-state index is -0.284. The van der Waals surface area contributed by atoms with Crippen LogP contribution in [0.2, 0.25) is 0 Å². The highest BCUT2D eigenvalue weighted by molar-refractivity contribution is 5.42. The van der Waals surface area contributed by atoms with E-state index in [0.29, 0.717) is 24.1 Å². The van der Waals surface area contributed by atoms with Crippen LogP contribution >= 0.6 is 0 Å². The second-order valence-corrected chi connectivity index (χ2v) is 5.58. The summed E-state index contributed by atoms with van der Waals surface area (Å²) >= 11 is 0. The van der Waals surface area contributed by atoms with Crippen molar-refractivity contribution in [3.63, 3.8) is 0 Å². The van der Waals surface area contributed by atoms with Crippen molar-refractivity contribution in [2.75, 3.05) is 18.0 Å². The fourth-order valence-corrected chi connectivity index (χ4v) is 2.94. The van der Waals surface area contributed by atoms with Crippen molar-refractivity contribution >= 4 is 5.82 Å². The van der Waals surface area contributed by atoms with Crippen molar-refractivity contribution < 1.29 is 4.39 Å². The summed E-state index contributed by atoms with van der Waals surface area (Å²) in [5.41, 5.74) is 6.05. The van der Waals surface area contributed by atoms with Crippen LogP contribution in [0, 0.1) is 12.7 Å². The molecule has 1 aliphatic carbocycles. The Kier molecular flexibility index (Phi) is 5.71. The van der Waals surface area contributed by atoms with E-state index in [-0.39, 0.29) is 5.82 Å². The Morgan fingerprint density at radius 1 is 1.25 bits per heavy atom. The lowest BCUT2D eigenvalue weighted by Crippen LogP contribution is -2.38. The van der Waals surface area contributed by atoms with Gasteiger partial charge in [0.1, 0.15) is 6.33 Å². The minimum Gasteiger partial charge on any atom is -0.351 e. The first-order valence-corrected chi connectivity index (χ1v) is 7.68. The number of aryl methyl sites for hydroxylation is 1. The zero-order valence-corrected chi connectivity index (χ0v) is 12.3. The van der Waals surface area contributed by atoms with Gasteiger partial charge >= 0.3 is 0 Å². The van der Waals surface area contributed by atoms with Crippen LogP contribution in [0.15, 0.2) is 6.33 Å². The first-order chi connectivity index (χ1) is 9.74. The lowest BCUT2D eigenvalue weighted by atomic mass is 10.1. The van der Waals surface area contributed by atoms with Crippen LogP contribution in [0.4, 0.5) is 10.2 Å². The van der Waals surface area contributed by atoms with Gasteiger partial charge in [-0.3, -0.25) is 0 Å². The van der Waals surface area contributed by atoms with Gasteiger partial charge in [0.15, 0.2) is 11.6 Å². The molecular formula is C15H25FN4. The quantitative estimate of drug-likeness (QED) is 0.843. The average molecular weight is 280 g/mol. The van der Waals surface area contributed by atoms with E-state index in [9.17, 15) is 4.39 Å². The van der Waals surface area contributed by atoms with Gasteiger partial charge in [-0.05, 0) is 32.7 Å². The molecule has 0 amide bonds. The minimum absolute atomic E-state index is 0.284. The van der Waals surface area contributed by atoms with Crippen molar-refractivity contribution in [1.82, 2.24) is 9.97 Å². The third-order valence-corrected chi connectivity index (χ3v) is 4.09. The molecule has 4 nitrogen and oxygen atoms in total. The summed E-state index contributed by atoms with van der Waals surface area (Å²) < 4.78 is 14.3. The summed E-state index contributed by atoms with van der Waals surface area (Å²) in [5, 5.41) is 0. The SMILES string of the molecule is Cc1ncnc(N(CCCN)C2CCCCCC2)c1F. The molecule has 0 spiro atoms. The normalized spacial score (nSPS) is 16.9. The monoisotopic (exact) mass is 280 g/mol. The molecule has 5 heteroatoms. The van der Waals surface area contributed by atoms with E-state index >= 15 is 0 Å². The largest absolute Gasteiger partial charge is 0.351 e. The number of nitrogens with zero attached hydrogens (tertiary/aromatic N) is 3. The molecule has 0 atom stereocenters. The second kappa shape index (κ2) is 7.53. The predicted octanol–water partition coefficient (Wildman–Crippen LogP) is 2.80. The van der Waals surface area contributed by atoms with Gasteiger partial charge in [-0.25, -0.2) is 14.4 Å². The molecule has 1 aromatic rings. The molecule has 20 heavy (non-hydrogen) atoms. The Morgan fingerprint density at radius 2 is 1.95 bits per heavy atom. The van der Waals surface area contributed by atoms with E-state index in [2.05, 4.69) is 14.9 Å². The number of rotatable bonds is 5. The van der Waals surface area contributed by atoms with Gasteiger partial charge in [0.2, 0.25) is 0 Å². The lowest BCUT2D eigenvalue weighted by Gasteiger charge is -2.32. The maximum Gasteiger partial charge on any atom is 0.186 e. The van der Waals surface area contributed by atoms with Gasteiger partial charge in [0, 0.05) is 12.6 Å². The number of hydrogen-bond acceptors (Lipinski definition) is 4. The Labute approximate surface area is 120 Å². The van der Waals surface area contributed by atoms with Crippen molar-refractivity contribution in [2.24, 2.45) is 5.73 Å². The fraction of sp³-hybridized carbons (Fsp3) is 0.733. The van der Waals surface area contributed by atoms with Gasteiger partial charge in [-0.1, -0.05) is 25.7 Å². The van der Waals surface area contributed by atoms with Gasteiger partial charge in [0.05, 0.1) is 5.69 Å². The van der Waals surface area contributed by atoms with Crippen molar-refractivity contribution in [3.05, 3.63) is 17.8 Å². The molecular weight excluding hydrogens is 255 g/mol. The molecule has 1 fully saturated rings. The van der Waals surface area contributed by atoms with Crippen molar-refractivity contribution in [1.29, 1.82) is 0 Å². The molecule has 0 bridgehead atoms. The predicted molar refractivity (Wildman–Crippen MR) is 79.2 cm³/mol. The highest BCUT2D eigenvalue weighted by atomic mass is 19.1. The molecule has 2 N–H and O–H groups in total. The van der Waals surface area contributed by atoms with E-state index in [1.54, 1.807) is 6.92 Å². The summed E-state index contributed by atoms with van der Waals surface area (Å²) in [6, 6.07) is 0.382. The molecule has 0 unspecified atom stereocenters. The fourth-order valence-electron chi connectivity index (χ4n) is 2.94. The summed E-state index contributed by atoms with van der Waals surface area (Å²) in [5.74, 6) is 0.173. The summed E-state index contributed by atoms with van der Waals surface area (Å²) in [6.07, 6.45) is 9.56. The summed E-state index contributed by atoms with van der Waals surface area (Å²) in [6.45, 7) is 3.08. The molecule has 0 aliphatic heterocycles. The van der Waals surface area contributed by atoms with Crippen LogP contribution in [0.25, 0.3) is 0 Å². The van der Waals surface area contributed by atoms with Crippen LogP contribution in [0.3, 0.4) is 0 Å². The number of hydrogen-bond donors (Lipinski definition) is 1. The third-order valence-electron chi connectivity index (χ3n) is 4.09. The first kappa shape index (κ1) is 15.2. The van der Waals surface area contributed by atoms with Crippen LogP contribution in [0.1, 0.15) is 50.6 Å². The number of anilines is 1. The molecule has 0 radical (unpaired) electrons. The van der Waals surface area contributed by atoms with Crippen LogP contribution in [0.5, 0.6) is 0 Å². The smallest absolute Gasteiger partial charge is 0.186 e. The van der Waals surface area contributed by atoms with Gasteiger partial charge in [0.25, 0.3) is 0 Å². The highest BCUT2D eigenvalue weighted by Crippen LogP contribution is 2.27. The zero-order valence-electron chi connectivity index (χ0n) is 12.3. The Balaban J connectivity index is 2.23. The topological polar surface area (TPSA) is 55.0 Å². The molecule has 112 valence electrons. The zero-order chi connectivity index (χ0) is 14.4. The third kappa shape index (κ3) is 3.66. The second-order valence-electron chi connectivity index (χ2n) is 5.58. The number of aromatic nitrogens is 2. The van der Waals surface area contributed by atoms with Crippen LogP contribution in [-0.2, 0) is 0 Å². The van der Waals surface area contributed by atoms with Crippen molar-refractivity contribution in [3.8, 4) is 0 Å². The van der Waals surface area contributed by atoms with E-state index < -0.39 is 0 Å². The molecule has 2 rings (SSSR count). The number of nitrogens with two attached hydrogens (primary N) is 1. The average Bonchev–Trinajstić information content (AvgIpc) is 2.73. The van der Waals surface area contributed by atoms with Crippen LogP contribution < -0.4 is 10.6 Å². The van der Waals surface area contributed by atoms with E-state index in [4.69, 9.17) is 5.73 Å². The standard InChI is InChI=1S/C15H25FN4/c1-12-14(16)15(19-11-18-12)20(10-6-9-17)13-7-4-2-3-5-8-13/h11,13H,2-10,17H2,1H3. The Bertz CT molecular complexity index is 416. The molecule has 0 aromatic carbocycles. The van der Waals surface area contributed by atoms with E-state index in [0.717, 1.165) is 25.8 Å². The molecule has 1 aromatic heterocycles. The molecule has 1 aliphatic rings. The highest BCUT2D eigenvalue weighted by Gasteiger charge is 2.24. The summed E-state index contributed by atoms with van der Waals surface area (Å²) in [4.78, 5) is 10.3. The van der Waals surface area contributed by atoms with Crippen molar-refractivity contribution in [2.45, 2.75) is 57.9 Å². The summed E-state index contributed by atoms with van der Waals surface area (Å²) in [7, 11) is 0. The van der Waals surface area contributed by atoms with Gasteiger partial charge in [-0.15, -0.1) is 0 Å². The Morgan fingerprint density at radius 3 is 2.60 bits per heavy atom. The van der Waals surface area contributed by atoms with Gasteiger partial charge < -0.3 is 10.6 Å². The molecule has 1 heterocycles. The van der Waals surface area contributed by atoms with E-state index in [1.807, 2.05) is 0 Å². The molecule has 1 saturated carbocycles. The maximum atomic E-state index is 14.3. The first-order valence-electron chi connectivity index (χ1n) is 7.68. The lowest BCUT2D eigenvalue weighted by molar-refractivity contribution is 0.497. The maximum absolute atomic E-state index is 14.3. The molecule has 0 saturated heterocycles. The number of halogens is 1. The van der Waals surface area contributed by atoms with Crippen LogP contribution in [-0.4, -0.2) is 29.1 Å². The Hall–Kier alpha value is -1.23. The van der Waals surface area contributed by atoms with Gasteiger partial charge in [-0.2, -0.15) is 0 Å². The van der Waals surface area contributed by atoms with E-state index in [1.165, 1.54) is 32.0 Å².